The van der Waals surface area contributed by atoms with Crippen LogP contribution < -0.4 is 0 Å². The molecule has 1 N–H and O–H groups in total. The van der Waals surface area contributed by atoms with Crippen LogP contribution in [0.25, 0.3) is 61.5 Å². The highest BCUT2D eigenvalue weighted by molar-refractivity contribution is 6.05. The van der Waals surface area contributed by atoms with Crippen molar-refractivity contribution in [2.75, 3.05) is 0 Å². The van der Waals surface area contributed by atoms with Gasteiger partial charge in [-0.3, -0.25) is 0 Å². The fraction of sp³-hybridized carbons (Fsp3) is 0.0286. The first kappa shape index (κ1) is 22.6. The molecule has 0 radical (unpaired) electrons. The van der Waals surface area contributed by atoms with Crippen molar-refractivity contribution < 1.29 is 0 Å². The first-order valence-corrected chi connectivity index (χ1v) is 12.6. The summed E-state index contributed by atoms with van der Waals surface area (Å²) in [6, 6.07) is 38.7. The molecule has 0 amide bonds. The van der Waals surface area contributed by atoms with Crippen molar-refractivity contribution in [3.63, 3.8) is 0 Å². The number of allylic oxidation sites excluding steroid dienone is 1. The SMILES string of the molecule is C=Cc1c(/C=C\C)n(-c2ccc3ccc(-c4ccccc4)c[nH]c4ccccc4c3c2)c2ccccc12. The minimum Gasteiger partial charge on any atom is -0.361 e. The van der Waals surface area contributed by atoms with E-state index in [1.807, 2.05) is 12.1 Å². The molecule has 0 fully saturated rings. The van der Waals surface area contributed by atoms with Gasteiger partial charge in [0.2, 0.25) is 0 Å². The zero-order chi connectivity index (χ0) is 25.2. The maximum atomic E-state index is 4.13. The summed E-state index contributed by atoms with van der Waals surface area (Å²) in [5.41, 5.74) is 7.96. The minimum absolute atomic E-state index is 1.08. The maximum Gasteiger partial charge on any atom is 0.0541 e. The van der Waals surface area contributed by atoms with Crippen LogP contribution in [-0.2, 0) is 0 Å². The van der Waals surface area contributed by atoms with E-state index in [9.17, 15) is 0 Å². The summed E-state index contributed by atoms with van der Waals surface area (Å²) in [5.74, 6) is 0. The zero-order valence-corrected chi connectivity index (χ0v) is 20.9. The van der Waals surface area contributed by atoms with Gasteiger partial charge in [-0.1, -0.05) is 104 Å². The number of hydrogen-bond acceptors (Lipinski definition) is 0. The topological polar surface area (TPSA) is 20.7 Å². The predicted molar refractivity (Wildman–Crippen MR) is 161 cm³/mol. The lowest BCUT2D eigenvalue weighted by molar-refractivity contribution is 1.11. The lowest BCUT2D eigenvalue weighted by Gasteiger charge is -2.11. The number of H-pyrrole nitrogens is 1. The Labute approximate surface area is 217 Å². The molecular formula is C35H28N2. The van der Waals surface area contributed by atoms with Crippen molar-refractivity contribution in [1.82, 2.24) is 9.55 Å². The second-order valence-electron chi connectivity index (χ2n) is 9.12. The van der Waals surface area contributed by atoms with E-state index in [1.165, 1.54) is 32.6 Å². The Kier molecular flexibility index (Phi) is 5.92. The van der Waals surface area contributed by atoms with Gasteiger partial charge in [0.15, 0.2) is 0 Å². The Morgan fingerprint density at radius 3 is 2.24 bits per heavy atom. The summed E-state index contributed by atoms with van der Waals surface area (Å²) in [6.45, 7) is 6.18. The molecule has 0 unspecified atom stereocenters. The molecule has 0 atom stereocenters. The second-order valence-corrected chi connectivity index (χ2v) is 9.12. The number of nitrogens with one attached hydrogen (secondary N) is 1. The third-order valence-electron chi connectivity index (χ3n) is 6.93. The standard InChI is InChI=1S/C35H28N2/c1-3-12-34-29(4-2)31-16-9-11-18-35(31)37(34)28-22-21-26-19-20-27(25-13-6-5-7-14-25)24-36-33-17-10-8-15-30(33)32(26)23-28/h3-24,36H,2H2,1H3/b12-3-,20-19?,27-24?. The van der Waals surface area contributed by atoms with Crippen LogP contribution in [0.15, 0.2) is 128 Å². The minimum atomic E-state index is 1.08. The number of benzene rings is 4. The molecule has 0 aliphatic carbocycles. The number of rotatable bonds is 4. The molecule has 2 heteroatoms. The Morgan fingerprint density at radius 2 is 1.43 bits per heavy atom. The van der Waals surface area contributed by atoms with E-state index < -0.39 is 0 Å². The molecule has 2 nitrogen and oxygen atoms in total. The summed E-state index contributed by atoms with van der Waals surface area (Å²) in [6.07, 6.45) is 8.32. The summed E-state index contributed by atoms with van der Waals surface area (Å²) >= 11 is 0. The van der Waals surface area contributed by atoms with Crippen LogP contribution in [0.3, 0.4) is 0 Å². The molecule has 0 saturated heterocycles. The van der Waals surface area contributed by atoms with Gasteiger partial charge in [0.1, 0.15) is 0 Å². The molecule has 0 aliphatic heterocycles. The van der Waals surface area contributed by atoms with Gasteiger partial charge in [0.05, 0.1) is 11.2 Å². The van der Waals surface area contributed by atoms with E-state index in [-0.39, 0.29) is 0 Å². The predicted octanol–water partition coefficient (Wildman–Crippen LogP) is 9.73. The molecule has 0 spiro atoms. The van der Waals surface area contributed by atoms with Gasteiger partial charge in [-0.2, -0.15) is 0 Å². The summed E-state index contributed by atoms with van der Waals surface area (Å²) in [4.78, 5) is 3.58. The van der Waals surface area contributed by atoms with Crippen molar-refractivity contribution in [1.29, 1.82) is 0 Å². The van der Waals surface area contributed by atoms with Gasteiger partial charge in [0.25, 0.3) is 0 Å². The van der Waals surface area contributed by atoms with Crippen molar-refractivity contribution >= 4 is 44.7 Å². The number of nitrogens with zero attached hydrogens (tertiary/aromatic N) is 1. The molecule has 178 valence electrons. The first-order chi connectivity index (χ1) is 18.3. The van der Waals surface area contributed by atoms with Crippen LogP contribution >= 0.6 is 0 Å². The second kappa shape index (κ2) is 9.67. The highest BCUT2D eigenvalue weighted by Crippen LogP contribution is 2.33. The third kappa shape index (κ3) is 4.03. The van der Waals surface area contributed by atoms with Gasteiger partial charge in [0, 0.05) is 33.7 Å². The monoisotopic (exact) mass is 476 g/mol. The van der Waals surface area contributed by atoms with E-state index >= 15 is 0 Å². The van der Waals surface area contributed by atoms with Gasteiger partial charge < -0.3 is 9.55 Å². The third-order valence-corrected chi connectivity index (χ3v) is 6.93. The van der Waals surface area contributed by atoms with Crippen LogP contribution in [0.1, 0.15) is 18.2 Å². The molecule has 2 heterocycles. The summed E-state index contributed by atoms with van der Waals surface area (Å²) in [5, 5.41) is 4.73. The fourth-order valence-corrected chi connectivity index (χ4v) is 5.20. The van der Waals surface area contributed by atoms with Gasteiger partial charge >= 0.3 is 0 Å². The normalized spacial score (nSPS) is 11.4. The van der Waals surface area contributed by atoms with Crippen molar-refractivity contribution in [2.45, 2.75) is 6.92 Å². The van der Waals surface area contributed by atoms with E-state index in [2.05, 4.69) is 145 Å². The number of para-hydroxylation sites is 2. The van der Waals surface area contributed by atoms with Crippen LogP contribution in [0.4, 0.5) is 0 Å². The van der Waals surface area contributed by atoms with E-state index in [0.717, 1.165) is 28.0 Å². The molecule has 0 bridgehead atoms. The van der Waals surface area contributed by atoms with Crippen LogP contribution in [0.2, 0.25) is 0 Å². The lowest BCUT2D eigenvalue weighted by atomic mass is 10.1. The smallest absolute Gasteiger partial charge is 0.0541 e. The van der Waals surface area contributed by atoms with Crippen molar-refractivity contribution in [2.24, 2.45) is 0 Å². The molecular weight excluding hydrogens is 448 g/mol. The molecule has 37 heavy (non-hydrogen) atoms. The Morgan fingerprint density at radius 1 is 0.703 bits per heavy atom. The van der Waals surface area contributed by atoms with Gasteiger partial charge in [-0.15, -0.1) is 0 Å². The molecule has 6 rings (SSSR count). The Balaban J connectivity index is 1.70. The number of aromatic amines is 1. The lowest BCUT2D eigenvalue weighted by Crippen LogP contribution is -1.97. The van der Waals surface area contributed by atoms with E-state index in [1.54, 1.807) is 0 Å². The molecule has 6 aromatic rings. The molecule has 2 aromatic heterocycles. The van der Waals surface area contributed by atoms with Gasteiger partial charge in [-0.05, 0) is 59.2 Å². The first-order valence-electron chi connectivity index (χ1n) is 12.6. The van der Waals surface area contributed by atoms with Crippen molar-refractivity contribution in [3.8, 4) is 16.8 Å². The van der Waals surface area contributed by atoms with Gasteiger partial charge in [-0.25, -0.2) is 0 Å². The van der Waals surface area contributed by atoms with Crippen LogP contribution in [0.5, 0.6) is 0 Å². The Hall–Kier alpha value is -4.82. The molecule has 4 aromatic carbocycles. The van der Waals surface area contributed by atoms with E-state index in [0.29, 0.717) is 0 Å². The Bertz CT molecular complexity index is 1850. The van der Waals surface area contributed by atoms with Crippen molar-refractivity contribution in [3.05, 3.63) is 139 Å². The maximum absolute atomic E-state index is 4.13. The molecule has 0 aliphatic rings. The largest absolute Gasteiger partial charge is 0.361 e. The summed E-state index contributed by atoms with van der Waals surface area (Å²) < 4.78 is 2.34. The fourth-order valence-electron chi connectivity index (χ4n) is 5.20. The number of aromatic nitrogens is 2. The number of hydrogen-bond donors (Lipinski definition) is 1. The quantitative estimate of drug-likeness (QED) is 0.261. The summed E-state index contributed by atoms with van der Waals surface area (Å²) in [7, 11) is 0. The average Bonchev–Trinajstić information content (AvgIpc) is 3.30. The van der Waals surface area contributed by atoms with Crippen LogP contribution in [-0.4, -0.2) is 9.55 Å². The van der Waals surface area contributed by atoms with Crippen LogP contribution in [0, 0.1) is 0 Å². The van der Waals surface area contributed by atoms with E-state index in [4.69, 9.17) is 0 Å². The highest BCUT2D eigenvalue weighted by Gasteiger charge is 2.15. The average molecular weight is 477 g/mol. The zero-order valence-electron chi connectivity index (χ0n) is 20.9. The number of fused-ring (bicyclic) bond motifs is 4. The molecule has 0 saturated carbocycles. The highest BCUT2D eigenvalue weighted by atomic mass is 15.0.